The number of aromatic nitrogens is 2. The van der Waals surface area contributed by atoms with E-state index >= 15 is 0 Å². The third kappa shape index (κ3) is 5.67. The van der Waals surface area contributed by atoms with E-state index in [2.05, 4.69) is 30.8 Å². The normalized spacial score (nSPS) is 11.7. The van der Waals surface area contributed by atoms with Crippen LogP contribution in [0.4, 0.5) is 0 Å². The molecule has 2 N–H and O–H groups in total. The summed E-state index contributed by atoms with van der Waals surface area (Å²) in [6, 6.07) is 16.7. The van der Waals surface area contributed by atoms with Crippen LogP contribution >= 0.6 is 15.9 Å². The summed E-state index contributed by atoms with van der Waals surface area (Å²) in [5.41, 5.74) is 2.70. The molecule has 0 bridgehead atoms. The van der Waals surface area contributed by atoms with Gasteiger partial charge in [-0.1, -0.05) is 18.2 Å². The molecule has 0 aliphatic carbocycles. The summed E-state index contributed by atoms with van der Waals surface area (Å²) < 4.78 is 24.0. The number of sulfonamides is 1. The summed E-state index contributed by atoms with van der Waals surface area (Å²) in [7, 11) is -3.80. The zero-order valence-corrected chi connectivity index (χ0v) is 16.9. The first kappa shape index (κ1) is 19.6. The molecule has 3 aromatic rings. The van der Waals surface area contributed by atoms with Crippen LogP contribution in [-0.4, -0.2) is 23.3 Å². The molecule has 1 aromatic carbocycles. The smallest absolute Gasteiger partial charge is 0.239 e. The number of hydrogen-bond donors (Lipinski definition) is 1. The highest BCUT2D eigenvalue weighted by molar-refractivity contribution is 9.10. The molecule has 0 saturated heterocycles. The monoisotopic (exact) mass is 446 g/mol. The van der Waals surface area contributed by atoms with E-state index in [9.17, 15) is 8.42 Å². The van der Waals surface area contributed by atoms with Crippen molar-refractivity contribution in [3.8, 4) is 0 Å². The summed E-state index contributed by atoms with van der Waals surface area (Å²) in [5.74, 6) is 0. The number of nitrogens with zero attached hydrogens (tertiary/aromatic N) is 3. The molecule has 0 fully saturated rings. The Morgan fingerprint density at radius 2 is 1.48 bits per heavy atom. The fourth-order valence-electron chi connectivity index (χ4n) is 2.73. The first-order chi connectivity index (χ1) is 12.9. The molecule has 2 heterocycles. The molecule has 3 rings (SSSR count). The summed E-state index contributed by atoms with van der Waals surface area (Å²) in [5, 5.41) is 5.31. The van der Waals surface area contributed by atoms with Crippen LogP contribution in [0.15, 0.2) is 76.4 Å². The molecule has 0 atom stereocenters. The van der Waals surface area contributed by atoms with Gasteiger partial charge < -0.3 is 0 Å². The third-order valence-corrected chi connectivity index (χ3v) is 5.84. The summed E-state index contributed by atoms with van der Waals surface area (Å²) in [4.78, 5) is 11.0. The average Bonchev–Trinajstić information content (AvgIpc) is 2.64. The van der Waals surface area contributed by atoms with Gasteiger partial charge in [0.2, 0.25) is 10.0 Å². The van der Waals surface area contributed by atoms with Gasteiger partial charge in [0, 0.05) is 36.5 Å². The van der Waals surface area contributed by atoms with E-state index in [4.69, 9.17) is 5.14 Å². The fraction of sp³-hybridized carbons (Fsp3) is 0.158. The van der Waals surface area contributed by atoms with Crippen LogP contribution in [0.3, 0.4) is 0 Å². The van der Waals surface area contributed by atoms with E-state index in [1.807, 2.05) is 42.5 Å². The molecule has 27 heavy (non-hydrogen) atoms. The molecule has 0 radical (unpaired) electrons. The van der Waals surface area contributed by atoms with Gasteiger partial charge in [-0.2, -0.15) is 0 Å². The number of hydrogen-bond acceptors (Lipinski definition) is 5. The Morgan fingerprint density at radius 1 is 0.889 bits per heavy atom. The third-order valence-electron chi connectivity index (χ3n) is 3.93. The maximum absolute atomic E-state index is 11.8. The Bertz CT molecular complexity index is 957. The average molecular weight is 447 g/mol. The van der Waals surface area contributed by atoms with Crippen molar-refractivity contribution < 1.29 is 8.42 Å². The van der Waals surface area contributed by atoms with Crippen molar-refractivity contribution >= 4 is 26.0 Å². The van der Waals surface area contributed by atoms with E-state index in [1.165, 1.54) is 0 Å². The van der Waals surface area contributed by atoms with Gasteiger partial charge >= 0.3 is 0 Å². The molecule has 2 aromatic heterocycles. The second kappa shape index (κ2) is 8.71. The Hall–Kier alpha value is -2.13. The maximum Gasteiger partial charge on any atom is 0.239 e. The standard InChI is InChI=1S/C19H19BrN4O2S/c20-18-8-7-15(11-19(18)27(21,25)26)12-24(13-16-5-1-3-9-22-16)14-17-6-2-4-10-23-17/h1-11H,12-14H2,(H2,21,25,26). The lowest BCUT2D eigenvalue weighted by Crippen LogP contribution is -2.24. The summed E-state index contributed by atoms with van der Waals surface area (Å²) in [6.07, 6.45) is 3.51. The lowest BCUT2D eigenvalue weighted by Gasteiger charge is -2.22. The Kier molecular flexibility index (Phi) is 6.33. The van der Waals surface area contributed by atoms with E-state index in [-0.39, 0.29) is 4.90 Å². The number of nitrogens with two attached hydrogens (primary N) is 1. The highest BCUT2D eigenvalue weighted by Gasteiger charge is 2.15. The number of benzene rings is 1. The Balaban J connectivity index is 1.86. The van der Waals surface area contributed by atoms with Crippen molar-refractivity contribution in [2.45, 2.75) is 24.5 Å². The quantitative estimate of drug-likeness (QED) is 0.601. The minimum atomic E-state index is -3.80. The topological polar surface area (TPSA) is 89.2 Å². The van der Waals surface area contributed by atoms with Gasteiger partial charge in [-0.15, -0.1) is 0 Å². The lowest BCUT2D eigenvalue weighted by atomic mass is 10.2. The molecule has 0 spiro atoms. The highest BCUT2D eigenvalue weighted by atomic mass is 79.9. The number of halogens is 1. The number of primary sulfonamides is 1. The molecular formula is C19H19BrN4O2S. The Morgan fingerprint density at radius 3 is 1.96 bits per heavy atom. The molecule has 0 aliphatic rings. The molecule has 0 saturated carbocycles. The van der Waals surface area contributed by atoms with E-state index in [1.54, 1.807) is 24.5 Å². The van der Waals surface area contributed by atoms with Gasteiger partial charge in [0.05, 0.1) is 16.3 Å². The van der Waals surface area contributed by atoms with Crippen LogP contribution in [0, 0.1) is 0 Å². The van der Waals surface area contributed by atoms with Crippen LogP contribution in [-0.2, 0) is 29.7 Å². The predicted molar refractivity (Wildman–Crippen MR) is 107 cm³/mol. The van der Waals surface area contributed by atoms with Crippen LogP contribution in [0.5, 0.6) is 0 Å². The number of pyridine rings is 2. The van der Waals surface area contributed by atoms with Gasteiger partial charge in [-0.3, -0.25) is 14.9 Å². The van der Waals surface area contributed by atoms with Crippen LogP contribution in [0.2, 0.25) is 0 Å². The van der Waals surface area contributed by atoms with Crippen molar-refractivity contribution in [3.63, 3.8) is 0 Å². The van der Waals surface area contributed by atoms with Gasteiger partial charge in [0.25, 0.3) is 0 Å². The lowest BCUT2D eigenvalue weighted by molar-refractivity contribution is 0.241. The number of rotatable bonds is 7. The molecule has 0 aliphatic heterocycles. The minimum Gasteiger partial charge on any atom is -0.287 e. The van der Waals surface area contributed by atoms with E-state index < -0.39 is 10.0 Å². The van der Waals surface area contributed by atoms with Crippen molar-refractivity contribution in [1.29, 1.82) is 0 Å². The molecule has 8 heteroatoms. The first-order valence-corrected chi connectivity index (χ1v) is 10.6. The van der Waals surface area contributed by atoms with Crippen molar-refractivity contribution in [2.75, 3.05) is 0 Å². The van der Waals surface area contributed by atoms with Crippen molar-refractivity contribution in [1.82, 2.24) is 14.9 Å². The second-order valence-electron chi connectivity index (χ2n) is 6.10. The predicted octanol–water partition coefficient (Wildman–Crippen LogP) is 3.09. The van der Waals surface area contributed by atoms with Crippen molar-refractivity contribution in [2.24, 2.45) is 5.14 Å². The largest absolute Gasteiger partial charge is 0.287 e. The van der Waals surface area contributed by atoms with E-state index in [0.29, 0.717) is 24.1 Å². The van der Waals surface area contributed by atoms with Gasteiger partial charge in [-0.05, 0) is 57.9 Å². The van der Waals surface area contributed by atoms with E-state index in [0.717, 1.165) is 17.0 Å². The molecule has 0 amide bonds. The van der Waals surface area contributed by atoms with Crippen LogP contribution in [0.1, 0.15) is 17.0 Å². The molecule has 140 valence electrons. The van der Waals surface area contributed by atoms with Gasteiger partial charge in [0.15, 0.2) is 0 Å². The molecule has 6 nitrogen and oxygen atoms in total. The molecular weight excluding hydrogens is 428 g/mol. The van der Waals surface area contributed by atoms with Crippen molar-refractivity contribution in [3.05, 3.63) is 88.4 Å². The van der Waals surface area contributed by atoms with Crippen LogP contribution in [0.25, 0.3) is 0 Å². The fourth-order valence-corrected chi connectivity index (χ4v) is 4.31. The summed E-state index contributed by atoms with van der Waals surface area (Å²) in [6.45, 7) is 1.75. The zero-order chi connectivity index (χ0) is 19.3. The van der Waals surface area contributed by atoms with Crippen LogP contribution < -0.4 is 5.14 Å². The Labute approximate surface area is 167 Å². The first-order valence-electron chi connectivity index (χ1n) is 8.25. The molecule has 0 unspecified atom stereocenters. The summed E-state index contributed by atoms with van der Waals surface area (Å²) >= 11 is 3.25. The maximum atomic E-state index is 11.8. The second-order valence-corrected chi connectivity index (χ2v) is 8.48. The minimum absolute atomic E-state index is 0.0793. The zero-order valence-electron chi connectivity index (χ0n) is 14.5. The van der Waals surface area contributed by atoms with Gasteiger partial charge in [-0.25, -0.2) is 13.6 Å². The van der Waals surface area contributed by atoms with Gasteiger partial charge in [0.1, 0.15) is 0 Å². The SMILES string of the molecule is NS(=O)(=O)c1cc(CN(Cc2ccccn2)Cc2ccccn2)ccc1Br. The highest BCUT2D eigenvalue weighted by Crippen LogP contribution is 2.23.